The van der Waals surface area contributed by atoms with Crippen molar-refractivity contribution in [2.45, 2.75) is 0 Å². The molecule has 0 atom stereocenters. The molecule has 8 aromatic carbocycles. The van der Waals surface area contributed by atoms with Crippen LogP contribution in [0.2, 0.25) is 0 Å². The molecule has 0 radical (unpaired) electrons. The van der Waals surface area contributed by atoms with Crippen LogP contribution in [-0.4, -0.2) is 4.98 Å². The molecule has 51 heavy (non-hydrogen) atoms. The fourth-order valence-corrected chi connectivity index (χ4v) is 8.22. The lowest BCUT2D eigenvalue weighted by molar-refractivity contribution is 0.669. The molecule has 0 aliphatic heterocycles. The molecule has 0 aliphatic carbocycles. The normalized spacial score (nSPS) is 11.5. The van der Waals surface area contributed by atoms with Crippen molar-refractivity contribution >= 4 is 71.3 Å². The van der Waals surface area contributed by atoms with Gasteiger partial charge in [-0.05, 0) is 75.5 Å². The molecular weight excluding hydrogens is 641 g/mol. The summed E-state index contributed by atoms with van der Waals surface area (Å²) in [6.45, 7) is 0. The Morgan fingerprint density at radius 2 is 1.02 bits per heavy atom. The molecular formula is C47H30N2OS. The molecule has 0 bridgehead atoms. The van der Waals surface area contributed by atoms with Gasteiger partial charge in [0.1, 0.15) is 16.3 Å². The third-order valence-electron chi connectivity index (χ3n) is 9.68. The van der Waals surface area contributed by atoms with Gasteiger partial charge >= 0.3 is 0 Å². The van der Waals surface area contributed by atoms with Crippen LogP contribution in [0.4, 0.5) is 17.1 Å². The Balaban J connectivity index is 1.21. The number of hydrogen-bond donors (Lipinski definition) is 0. The summed E-state index contributed by atoms with van der Waals surface area (Å²) in [6.07, 6.45) is 0. The third-order valence-corrected chi connectivity index (χ3v) is 10.8. The molecule has 0 aliphatic rings. The lowest BCUT2D eigenvalue weighted by Gasteiger charge is -2.26. The van der Waals surface area contributed by atoms with Gasteiger partial charge in [0, 0.05) is 27.7 Å². The van der Waals surface area contributed by atoms with E-state index in [9.17, 15) is 0 Å². The number of rotatable bonds is 6. The highest BCUT2D eigenvalue weighted by Crippen LogP contribution is 2.49. The van der Waals surface area contributed by atoms with E-state index in [-0.39, 0.29) is 0 Å². The van der Waals surface area contributed by atoms with Crippen LogP contribution in [0.15, 0.2) is 186 Å². The van der Waals surface area contributed by atoms with E-state index in [1.165, 1.54) is 33.0 Å². The molecule has 4 heteroatoms. The van der Waals surface area contributed by atoms with E-state index in [2.05, 4.69) is 169 Å². The zero-order chi connectivity index (χ0) is 33.7. The molecule has 2 aromatic heterocycles. The molecule has 0 saturated heterocycles. The van der Waals surface area contributed by atoms with Crippen LogP contribution < -0.4 is 4.90 Å². The van der Waals surface area contributed by atoms with E-state index in [0.29, 0.717) is 0 Å². The fourth-order valence-electron chi connectivity index (χ4n) is 7.14. The summed E-state index contributed by atoms with van der Waals surface area (Å²) in [5, 5.41) is 5.59. The van der Waals surface area contributed by atoms with Gasteiger partial charge in [-0.15, -0.1) is 11.3 Å². The van der Waals surface area contributed by atoms with E-state index < -0.39 is 0 Å². The SMILES string of the molecule is c1ccc(-c2ccc(N(c3ccc(-c4ccc5ccccc5c4)cc3)c3c4oc5ccccc5c4cc4nc(-c5ccccc5)sc34)cc2)cc1. The number of fused-ring (bicyclic) bond motifs is 5. The standard InChI is InChI=1S/C47H30N2OS/c1-3-11-31(12-4-1)33-21-25-38(26-22-33)49(39-27-23-34(24-28-39)37-20-19-32-13-7-8-16-36(32)29-37)44-45-41(40-17-9-10-18-43(40)50-45)30-42-46(44)51-47(48-42)35-14-5-2-6-15-35/h1-30H. The summed E-state index contributed by atoms with van der Waals surface area (Å²) in [5.74, 6) is 0. The zero-order valence-corrected chi connectivity index (χ0v) is 28.3. The summed E-state index contributed by atoms with van der Waals surface area (Å²) in [4.78, 5) is 7.58. The Morgan fingerprint density at radius 3 is 1.75 bits per heavy atom. The predicted molar refractivity (Wildman–Crippen MR) is 215 cm³/mol. The Bertz CT molecular complexity index is 2840. The van der Waals surface area contributed by atoms with Crippen LogP contribution in [0.25, 0.3) is 75.8 Å². The number of hydrogen-bond acceptors (Lipinski definition) is 4. The summed E-state index contributed by atoms with van der Waals surface area (Å²) in [5.41, 5.74) is 11.5. The van der Waals surface area contributed by atoms with Crippen molar-refractivity contribution in [2.75, 3.05) is 4.90 Å². The molecule has 0 fully saturated rings. The first kappa shape index (κ1) is 29.4. The number of thiazole rings is 1. The van der Waals surface area contributed by atoms with Crippen molar-refractivity contribution < 1.29 is 4.42 Å². The van der Waals surface area contributed by atoms with Crippen LogP contribution in [0, 0.1) is 0 Å². The summed E-state index contributed by atoms with van der Waals surface area (Å²) < 4.78 is 7.87. The van der Waals surface area contributed by atoms with Gasteiger partial charge in [-0.1, -0.05) is 140 Å². The molecule has 0 unspecified atom stereocenters. The first-order valence-corrected chi connectivity index (χ1v) is 17.9. The first-order valence-electron chi connectivity index (χ1n) is 17.1. The maximum atomic E-state index is 6.79. The average Bonchev–Trinajstić information content (AvgIpc) is 3.81. The highest BCUT2D eigenvalue weighted by Gasteiger charge is 2.25. The Kier molecular flexibility index (Phi) is 7.00. The summed E-state index contributed by atoms with van der Waals surface area (Å²) in [6, 6.07) is 64.4. The van der Waals surface area contributed by atoms with Gasteiger partial charge in [-0.3, -0.25) is 0 Å². The molecule has 10 aromatic rings. The van der Waals surface area contributed by atoms with Gasteiger partial charge in [0.2, 0.25) is 0 Å². The lowest BCUT2D eigenvalue weighted by atomic mass is 10.0. The first-order chi connectivity index (χ1) is 25.3. The average molecular weight is 671 g/mol. The van der Waals surface area contributed by atoms with Crippen LogP contribution in [0.3, 0.4) is 0 Å². The van der Waals surface area contributed by atoms with Gasteiger partial charge in [-0.2, -0.15) is 0 Å². The molecule has 0 spiro atoms. The second-order valence-corrected chi connectivity index (χ2v) is 13.8. The van der Waals surface area contributed by atoms with Crippen LogP contribution in [-0.2, 0) is 0 Å². The Labute approximate surface area is 299 Å². The molecule has 240 valence electrons. The Hall–Kier alpha value is -6.49. The van der Waals surface area contributed by atoms with E-state index in [0.717, 1.165) is 59.8 Å². The largest absolute Gasteiger partial charge is 0.454 e. The van der Waals surface area contributed by atoms with Crippen molar-refractivity contribution in [3.8, 4) is 32.8 Å². The van der Waals surface area contributed by atoms with Gasteiger partial charge in [0.15, 0.2) is 5.58 Å². The van der Waals surface area contributed by atoms with Gasteiger partial charge in [0.05, 0.1) is 10.2 Å². The van der Waals surface area contributed by atoms with Crippen molar-refractivity contribution in [1.29, 1.82) is 0 Å². The van der Waals surface area contributed by atoms with Gasteiger partial charge in [0.25, 0.3) is 0 Å². The number of furan rings is 1. The highest BCUT2D eigenvalue weighted by molar-refractivity contribution is 7.22. The maximum absolute atomic E-state index is 6.79. The van der Waals surface area contributed by atoms with Crippen LogP contribution in [0.5, 0.6) is 0 Å². The molecule has 0 N–H and O–H groups in total. The lowest BCUT2D eigenvalue weighted by Crippen LogP contribution is -2.10. The minimum Gasteiger partial charge on any atom is -0.454 e. The molecule has 0 saturated carbocycles. The highest BCUT2D eigenvalue weighted by atomic mass is 32.1. The quantitative estimate of drug-likeness (QED) is 0.176. The van der Waals surface area contributed by atoms with E-state index in [1.54, 1.807) is 11.3 Å². The van der Waals surface area contributed by atoms with E-state index in [4.69, 9.17) is 9.40 Å². The number of aromatic nitrogens is 1. The third kappa shape index (κ3) is 5.16. The van der Waals surface area contributed by atoms with Crippen molar-refractivity contribution in [3.63, 3.8) is 0 Å². The fraction of sp³-hybridized carbons (Fsp3) is 0. The number of anilines is 3. The Morgan fingerprint density at radius 1 is 0.451 bits per heavy atom. The second kappa shape index (κ2) is 12.1. The molecule has 3 nitrogen and oxygen atoms in total. The monoisotopic (exact) mass is 670 g/mol. The minimum absolute atomic E-state index is 0.845. The van der Waals surface area contributed by atoms with E-state index in [1.807, 2.05) is 18.2 Å². The number of nitrogens with zero attached hydrogens (tertiary/aromatic N) is 2. The van der Waals surface area contributed by atoms with Crippen LogP contribution in [0.1, 0.15) is 0 Å². The smallest absolute Gasteiger partial charge is 0.161 e. The summed E-state index contributed by atoms with van der Waals surface area (Å²) in [7, 11) is 0. The number of para-hydroxylation sites is 1. The van der Waals surface area contributed by atoms with Crippen molar-refractivity contribution in [3.05, 3.63) is 182 Å². The zero-order valence-electron chi connectivity index (χ0n) is 27.5. The molecule has 0 amide bonds. The minimum atomic E-state index is 0.845. The topological polar surface area (TPSA) is 29.3 Å². The van der Waals surface area contributed by atoms with Gasteiger partial charge in [-0.25, -0.2) is 4.98 Å². The maximum Gasteiger partial charge on any atom is 0.161 e. The molecule has 2 heterocycles. The second-order valence-electron chi connectivity index (χ2n) is 12.8. The van der Waals surface area contributed by atoms with Gasteiger partial charge < -0.3 is 9.32 Å². The predicted octanol–water partition coefficient (Wildman–Crippen LogP) is 13.8. The molecule has 10 rings (SSSR count). The van der Waals surface area contributed by atoms with Crippen LogP contribution >= 0.6 is 11.3 Å². The number of benzene rings is 8. The summed E-state index contributed by atoms with van der Waals surface area (Å²) >= 11 is 1.71. The van der Waals surface area contributed by atoms with Crippen molar-refractivity contribution in [1.82, 2.24) is 4.98 Å². The van der Waals surface area contributed by atoms with E-state index >= 15 is 0 Å². The van der Waals surface area contributed by atoms with Crippen molar-refractivity contribution in [2.24, 2.45) is 0 Å².